The van der Waals surface area contributed by atoms with Crippen molar-refractivity contribution in [1.82, 2.24) is 0 Å². The molecule has 0 atom stereocenters. The van der Waals surface area contributed by atoms with Gasteiger partial charge >= 0.3 is 0 Å². The van der Waals surface area contributed by atoms with Gasteiger partial charge in [-0.2, -0.15) is 0 Å². The van der Waals surface area contributed by atoms with Crippen molar-refractivity contribution in [1.29, 1.82) is 5.41 Å². The molecule has 0 aliphatic rings. The molecule has 0 aromatic heterocycles. The fourth-order valence-corrected chi connectivity index (χ4v) is 2.17. The molecule has 2 aromatic rings. The summed E-state index contributed by atoms with van der Waals surface area (Å²) >= 11 is 0. The smallest absolute Gasteiger partial charge is 0.146 e. The topological polar surface area (TPSA) is 62.3 Å². The Labute approximate surface area is 123 Å². The molecule has 0 saturated heterocycles. The quantitative estimate of drug-likeness (QED) is 0.656. The van der Waals surface area contributed by atoms with Crippen molar-refractivity contribution in [3.05, 3.63) is 59.4 Å². The van der Waals surface area contributed by atoms with Crippen LogP contribution in [0.15, 0.2) is 42.5 Å². The van der Waals surface area contributed by atoms with Crippen LogP contribution in [0.5, 0.6) is 5.75 Å². The number of amidine groups is 1. The lowest BCUT2D eigenvalue weighted by Gasteiger charge is -2.21. The lowest BCUT2D eigenvalue weighted by molar-refractivity contribution is 0.409. The molecular weight excluding hydrogens is 269 g/mol. The monoisotopic (exact) mass is 287 g/mol. The number of nitrogens with two attached hydrogens (primary N) is 1. The summed E-state index contributed by atoms with van der Waals surface area (Å²) in [5.41, 5.74) is 7.48. The Hall–Kier alpha value is -2.56. The molecule has 0 spiro atoms. The third-order valence-corrected chi connectivity index (χ3v) is 3.26. The van der Waals surface area contributed by atoms with Crippen LogP contribution in [0.1, 0.15) is 11.1 Å². The molecule has 0 heterocycles. The Morgan fingerprint density at radius 1 is 1.29 bits per heavy atom. The van der Waals surface area contributed by atoms with Gasteiger partial charge in [-0.05, 0) is 30.3 Å². The van der Waals surface area contributed by atoms with Gasteiger partial charge in [0, 0.05) is 24.7 Å². The van der Waals surface area contributed by atoms with Crippen LogP contribution >= 0.6 is 0 Å². The number of hydrogen-bond acceptors (Lipinski definition) is 3. The zero-order valence-electron chi connectivity index (χ0n) is 12.1. The number of nitrogens with one attached hydrogen (secondary N) is 1. The van der Waals surface area contributed by atoms with Gasteiger partial charge in [0.25, 0.3) is 0 Å². The average molecular weight is 287 g/mol. The molecule has 4 nitrogen and oxygen atoms in total. The van der Waals surface area contributed by atoms with Gasteiger partial charge in [0.1, 0.15) is 17.4 Å². The van der Waals surface area contributed by atoms with Crippen LogP contribution in [0.4, 0.5) is 10.1 Å². The van der Waals surface area contributed by atoms with E-state index in [4.69, 9.17) is 15.9 Å². The van der Waals surface area contributed by atoms with Crippen LogP contribution in [-0.4, -0.2) is 20.0 Å². The Balaban J connectivity index is 2.31. The molecule has 21 heavy (non-hydrogen) atoms. The number of halogens is 1. The summed E-state index contributed by atoms with van der Waals surface area (Å²) in [7, 11) is 3.38. The van der Waals surface area contributed by atoms with Crippen LogP contribution in [0.25, 0.3) is 0 Å². The molecule has 0 amide bonds. The fourth-order valence-electron chi connectivity index (χ4n) is 2.17. The number of benzene rings is 2. The molecule has 0 unspecified atom stereocenters. The SMILES string of the molecule is COc1ccc(C(=N)N)cc1CN(C)c1ccccc1F. The van der Waals surface area contributed by atoms with E-state index in [1.54, 1.807) is 55.5 Å². The highest BCUT2D eigenvalue weighted by Crippen LogP contribution is 2.25. The van der Waals surface area contributed by atoms with Crippen molar-refractivity contribution < 1.29 is 9.13 Å². The van der Waals surface area contributed by atoms with Gasteiger partial charge in [-0.15, -0.1) is 0 Å². The molecule has 0 fully saturated rings. The standard InChI is InChI=1S/C16H18FN3O/c1-20(14-6-4-3-5-13(14)17)10-12-9-11(16(18)19)7-8-15(12)21-2/h3-9H,10H2,1-2H3,(H3,18,19). The summed E-state index contributed by atoms with van der Waals surface area (Å²) < 4.78 is 19.1. The third-order valence-electron chi connectivity index (χ3n) is 3.26. The van der Waals surface area contributed by atoms with Gasteiger partial charge in [-0.3, -0.25) is 5.41 Å². The van der Waals surface area contributed by atoms with E-state index in [0.29, 0.717) is 23.5 Å². The van der Waals surface area contributed by atoms with E-state index in [1.165, 1.54) is 6.07 Å². The number of methoxy groups -OCH3 is 1. The Kier molecular flexibility index (Phi) is 4.42. The fraction of sp³-hybridized carbons (Fsp3) is 0.188. The first-order valence-corrected chi connectivity index (χ1v) is 6.50. The maximum atomic E-state index is 13.8. The normalized spacial score (nSPS) is 10.2. The van der Waals surface area contributed by atoms with Crippen LogP contribution in [0, 0.1) is 11.2 Å². The van der Waals surface area contributed by atoms with E-state index >= 15 is 0 Å². The van der Waals surface area contributed by atoms with E-state index in [0.717, 1.165) is 5.56 Å². The maximum absolute atomic E-state index is 13.8. The highest BCUT2D eigenvalue weighted by atomic mass is 19.1. The number of rotatable bonds is 5. The number of ether oxygens (including phenoxy) is 1. The number of para-hydroxylation sites is 1. The Morgan fingerprint density at radius 3 is 2.62 bits per heavy atom. The molecule has 0 aliphatic heterocycles. The first-order valence-electron chi connectivity index (χ1n) is 6.50. The van der Waals surface area contributed by atoms with Gasteiger partial charge in [0.2, 0.25) is 0 Å². The van der Waals surface area contributed by atoms with Crippen LogP contribution in [0.2, 0.25) is 0 Å². The van der Waals surface area contributed by atoms with E-state index in [1.807, 2.05) is 0 Å². The average Bonchev–Trinajstić information content (AvgIpc) is 2.47. The summed E-state index contributed by atoms with van der Waals surface area (Å²) in [6.07, 6.45) is 0. The molecule has 0 saturated carbocycles. The first-order chi connectivity index (χ1) is 10.0. The molecule has 2 rings (SSSR count). The van der Waals surface area contributed by atoms with Crippen molar-refractivity contribution in [3.8, 4) is 5.75 Å². The van der Waals surface area contributed by atoms with Crippen molar-refractivity contribution >= 4 is 11.5 Å². The molecule has 0 bridgehead atoms. The third kappa shape index (κ3) is 3.31. The minimum Gasteiger partial charge on any atom is -0.496 e. The van der Waals surface area contributed by atoms with E-state index < -0.39 is 0 Å². The second-order valence-corrected chi connectivity index (χ2v) is 4.75. The van der Waals surface area contributed by atoms with E-state index in [-0.39, 0.29) is 11.7 Å². The first kappa shape index (κ1) is 14.8. The maximum Gasteiger partial charge on any atom is 0.146 e. The highest BCUT2D eigenvalue weighted by Gasteiger charge is 2.11. The number of anilines is 1. The second-order valence-electron chi connectivity index (χ2n) is 4.75. The van der Waals surface area contributed by atoms with Gasteiger partial charge in [-0.1, -0.05) is 12.1 Å². The molecule has 3 N–H and O–H groups in total. The van der Waals surface area contributed by atoms with Gasteiger partial charge in [0.15, 0.2) is 0 Å². The molecule has 5 heteroatoms. The largest absolute Gasteiger partial charge is 0.496 e. The highest BCUT2D eigenvalue weighted by molar-refractivity contribution is 5.95. The van der Waals surface area contributed by atoms with Crippen molar-refractivity contribution in [2.24, 2.45) is 5.73 Å². The minimum atomic E-state index is -0.276. The van der Waals surface area contributed by atoms with E-state index in [2.05, 4.69) is 0 Å². The summed E-state index contributed by atoms with van der Waals surface area (Å²) in [5, 5.41) is 7.50. The zero-order chi connectivity index (χ0) is 15.4. The molecule has 2 aromatic carbocycles. The minimum absolute atomic E-state index is 0.00699. The van der Waals surface area contributed by atoms with Crippen molar-refractivity contribution in [2.75, 3.05) is 19.1 Å². The summed E-state index contributed by atoms with van der Waals surface area (Å²) in [4.78, 5) is 1.79. The number of nitrogen functional groups attached to an aromatic ring is 1. The molecule has 0 radical (unpaired) electrons. The zero-order valence-corrected chi connectivity index (χ0v) is 12.1. The summed E-state index contributed by atoms with van der Waals surface area (Å²) in [5.74, 6) is 0.400. The van der Waals surface area contributed by atoms with Gasteiger partial charge in [-0.25, -0.2) is 4.39 Å². The second kappa shape index (κ2) is 6.26. The lowest BCUT2D eigenvalue weighted by atomic mass is 10.1. The number of hydrogen-bond donors (Lipinski definition) is 2. The van der Waals surface area contributed by atoms with Crippen LogP contribution < -0.4 is 15.4 Å². The van der Waals surface area contributed by atoms with Crippen LogP contribution in [-0.2, 0) is 6.54 Å². The van der Waals surface area contributed by atoms with E-state index in [9.17, 15) is 4.39 Å². The predicted octanol–water partition coefficient (Wildman–Crippen LogP) is 2.75. The molecule has 0 aliphatic carbocycles. The molecular formula is C16H18FN3O. The Bertz CT molecular complexity index is 658. The lowest BCUT2D eigenvalue weighted by Crippen LogP contribution is -2.19. The predicted molar refractivity (Wildman–Crippen MR) is 82.5 cm³/mol. The number of nitrogens with zero attached hydrogens (tertiary/aromatic N) is 1. The Morgan fingerprint density at radius 2 is 2.00 bits per heavy atom. The van der Waals surface area contributed by atoms with Crippen LogP contribution in [0.3, 0.4) is 0 Å². The van der Waals surface area contributed by atoms with Crippen molar-refractivity contribution in [3.63, 3.8) is 0 Å². The molecule has 110 valence electrons. The van der Waals surface area contributed by atoms with Gasteiger partial charge < -0.3 is 15.4 Å². The summed E-state index contributed by atoms with van der Waals surface area (Å²) in [6, 6.07) is 11.9. The van der Waals surface area contributed by atoms with Crippen molar-refractivity contribution in [2.45, 2.75) is 6.54 Å². The summed E-state index contributed by atoms with van der Waals surface area (Å²) in [6.45, 7) is 0.450. The van der Waals surface area contributed by atoms with Gasteiger partial charge in [0.05, 0.1) is 12.8 Å².